The Bertz CT molecular complexity index is 928. The predicted octanol–water partition coefficient (Wildman–Crippen LogP) is 2.44. The summed E-state index contributed by atoms with van der Waals surface area (Å²) < 4.78 is 37.1. The maximum absolute atomic E-state index is 13.0. The molecule has 1 atom stereocenters. The number of anilines is 1. The van der Waals surface area contributed by atoms with Gasteiger partial charge in [0.05, 0.1) is 17.0 Å². The molecule has 1 fully saturated rings. The first-order valence-corrected chi connectivity index (χ1v) is 9.74. The van der Waals surface area contributed by atoms with Crippen molar-refractivity contribution >= 4 is 33.3 Å². The van der Waals surface area contributed by atoms with E-state index in [9.17, 15) is 13.2 Å². The number of aryl methyl sites for hydroxylation is 1. The van der Waals surface area contributed by atoms with E-state index < -0.39 is 22.0 Å². The number of amides is 1. The van der Waals surface area contributed by atoms with E-state index in [2.05, 4.69) is 10.5 Å². The second kappa shape index (κ2) is 7.26. The highest BCUT2D eigenvalue weighted by atomic mass is 35.5. The molecule has 1 saturated heterocycles. The molecule has 0 radical (unpaired) electrons. The maximum Gasteiger partial charge on any atom is 0.244 e. The van der Waals surface area contributed by atoms with Crippen LogP contribution in [0.3, 0.4) is 0 Å². The molecule has 1 amide bonds. The number of rotatable bonds is 5. The molecule has 2 heterocycles. The zero-order chi connectivity index (χ0) is 18.9. The van der Waals surface area contributed by atoms with Gasteiger partial charge >= 0.3 is 0 Å². The van der Waals surface area contributed by atoms with E-state index in [1.54, 1.807) is 13.0 Å². The Morgan fingerprint density at radius 1 is 1.42 bits per heavy atom. The number of aromatic nitrogens is 1. The molecule has 0 saturated carbocycles. The third-order valence-electron chi connectivity index (χ3n) is 4.12. The van der Waals surface area contributed by atoms with Crippen LogP contribution < -0.4 is 10.1 Å². The maximum atomic E-state index is 13.0. The monoisotopic (exact) mass is 399 g/mol. The van der Waals surface area contributed by atoms with Crippen molar-refractivity contribution < 1.29 is 22.5 Å². The fourth-order valence-electron chi connectivity index (χ4n) is 2.87. The lowest BCUT2D eigenvalue weighted by Gasteiger charge is -2.23. The molecular formula is C16H18ClN3O5S. The van der Waals surface area contributed by atoms with Crippen molar-refractivity contribution in [1.29, 1.82) is 0 Å². The van der Waals surface area contributed by atoms with Crippen LogP contribution in [-0.2, 0) is 14.8 Å². The predicted molar refractivity (Wildman–Crippen MR) is 94.8 cm³/mol. The number of nitrogens with zero attached hydrogens (tertiary/aromatic N) is 2. The normalized spacial score (nSPS) is 18.0. The number of nitrogens with one attached hydrogen (secondary N) is 1. The smallest absolute Gasteiger partial charge is 0.244 e. The number of benzene rings is 1. The molecule has 8 nitrogen and oxygen atoms in total. The van der Waals surface area contributed by atoms with Crippen molar-refractivity contribution in [2.24, 2.45) is 0 Å². The number of sulfonamides is 1. The van der Waals surface area contributed by atoms with Crippen molar-refractivity contribution in [3.63, 3.8) is 0 Å². The number of hydrogen-bond donors (Lipinski definition) is 1. The fourth-order valence-corrected chi connectivity index (χ4v) is 4.87. The second-order valence-electron chi connectivity index (χ2n) is 5.88. The summed E-state index contributed by atoms with van der Waals surface area (Å²) in [5, 5.41) is 6.48. The first kappa shape index (κ1) is 18.7. The van der Waals surface area contributed by atoms with Gasteiger partial charge in [-0.25, -0.2) is 8.42 Å². The summed E-state index contributed by atoms with van der Waals surface area (Å²) in [6, 6.07) is 4.96. The summed E-state index contributed by atoms with van der Waals surface area (Å²) in [6.45, 7) is 1.95. The number of carbonyl (C=O) groups is 1. The van der Waals surface area contributed by atoms with Crippen LogP contribution in [0.4, 0.5) is 5.82 Å². The zero-order valence-electron chi connectivity index (χ0n) is 14.2. The largest absolute Gasteiger partial charge is 0.495 e. The van der Waals surface area contributed by atoms with Gasteiger partial charge in [-0.15, -0.1) is 0 Å². The molecule has 0 spiro atoms. The topological polar surface area (TPSA) is 102 Å². The summed E-state index contributed by atoms with van der Waals surface area (Å²) in [7, 11) is -2.43. The van der Waals surface area contributed by atoms with E-state index >= 15 is 0 Å². The van der Waals surface area contributed by atoms with Gasteiger partial charge in [-0.05, 0) is 38.0 Å². The van der Waals surface area contributed by atoms with Crippen molar-refractivity contribution in [2.75, 3.05) is 19.0 Å². The molecule has 1 aliphatic heterocycles. The van der Waals surface area contributed by atoms with Crippen LogP contribution in [0.5, 0.6) is 5.75 Å². The molecular weight excluding hydrogens is 382 g/mol. The zero-order valence-corrected chi connectivity index (χ0v) is 15.8. The number of carbonyl (C=O) groups excluding carboxylic acids is 1. The van der Waals surface area contributed by atoms with Crippen molar-refractivity contribution in [1.82, 2.24) is 9.46 Å². The van der Waals surface area contributed by atoms with Crippen LogP contribution in [0.1, 0.15) is 18.6 Å². The Hall–Kier alpha value is -2.10. The van der Waals surface area contributed by atoms with E-state index in [0.29, 0.717) is 24.4 Å². The third kappa shape index (κ3) is 3.55. The van der Waals surface area contributed by atoms with Crippen LogP contribution >= 0.6 is 11.6 Å². The lowest BCUT2D eigenvalue weighted by Crippen LogP contribution is -2.43. The Kier molecular flexibility index (Phi) is 5.22. The van der Waals surface area contributed by atoms with Crippen LogP contribution in [0, 0.1) is 6.92 Å². The molecule has 1 aliphatic rings. The number of hydrogen-bond acceptors (Lipinski definition) is 6. The average Bonchev–Trinajstić information content (AvgIpc) is 3.24. The van der Waals surface area contributed by atoms with Gasteiger partial charge in [-0.2, -0.15) is 4.31 Å². The molecule has 2 aromatic rings. The number of methoxy groups -OCH3 is 1. The summed E-state index contributed by atoms with van der Waals surface area (Å²) in [5.74, 6) is 0.732. The van der Waals surface area contributed by atoms with Gasteiger partial charge in [0.2, 0.25) is 15.9 Å². The molecule has 1 aromatic heterocycles. The van der Waals surface area contributed by atoms with Crippen molar-refractivity contribution in [2.45, 2.75) is 30.7 Å². The standard InChI is InChI=1S/C16H18ClN3O5S/c1-10-8-15(19-25-10)18-16(21)13-4-3-7-20(13)26(22,23)11-5-6-14(24-2)12(17)9-11/h5-6,8-9,13H,3-4,7H2,1-2H3,(H,18,19,21). The number of halogens is 1. The Morgan fingerprint density at radius 3 is 2.81 bits per heavy atom. The SMILES string of the molecule is COc1ccc(S(=O)(=O)N2CCCC2C(=O)Nc2cc(C)on2)cc1Cl. The molecule has 1 aromatic carbocycles. The molecule has 1 N–H and O–H groups in total. The van der Waals surface area contributed by atoms with Gasteiger partial charge < -0.3 is 14.6 Å². The van der Waals surface area contributed by atoms with E-state index in [4.69, 9.17) is 20.9 Å². The minimum atomic E-state index is -3.88. The molecule has 1 unspecified atom stereocenters. The summed E-state index contributed by atoms with van der Waals surface area (Å²) in [4.78, 5) is 12.5. The van der Waals surface area contributed by atoms with Gasteiger partial charge in [-0.1, -0.05) is 16.8 Å². The Balaban J connectivity index is 1.84. The second-order valence-corrected chi connectivity index (χ2v) is 8.18. The van der Waals surface area contributed by atoms with E-state index in [-0.39, 0.29) is 22.3 Å². The van der Waals surface area contributed by atoms with Crippen molar-refractivity contribution in [3.05, 3.63) is 35.0 Å². The lowest BCUT2D eigenvalue weighted by atomic mass is 10.2. The van der Waals surface area contributed by atoms with Crippen LogP contribution in [-0.4, -0.2) is 43.5 Å². The molecule has 10 heteroatoms. The number of ether oxygens (including phenoxy) is 1. The summed E-state index contributed by atoms with van der Waals surface area (Å²) >= 11 is 6.04. The first-order valence-electron chi connectivity index (χ1n) is 7.92. The first-order chi connectivity index (χ1) is 12.3. The van der Waals surface area contributed by atoms with Crippen LogP contribution in [0.25, 0.3) is 0 Å². The molecule has 0 bridgehead atoms. The molecule has 140 valence electrons. The van der Waals surface area contributed by atoms with E-state index in [1.165, 1.54) is 29.6 Å². The minimum Gasteiger partial charge on any atom is -0.495 e. The summed E-state index contributed by atoms with van der Waals surface area (Å²) in [6.07, 6.45) is 1.00. The quantitative estimate of drug-likeness (QED) is 0.828. The highest BCUT2D eigenvalue weighted by Gasteiger charge is 2.39. The van der Waals surface area contributed by atoms with E-state index in [1.807, 2.05) is 0 Å². The Labute approximate surface area is 156 Å². The minimum absolute atomic E-state index is 0.0141. The molecule has 26 heavy (non-hydrogen) atoms. The van der Waals surface area contributed by atoms with E-state index in [0.717, 1.165) is 0 Å². The fraction of sp³-hybridized carbons (Fsp3) is 0.375. The highest BCUT2D eigenvalue weighted by Crippen LogP contribution is 2.31. The van der Waals surface area contributed by atoms with Crippen LogP contribution in [0.15, 0.2) is 33.7 Å². The summed E-state index contributed by atoms with van der Waals surface area (Å²) in [5.41, 5.74) is 0. The molecule has 0 aliphatic carbocycles. The Morgan fingerprint density at radius 2 is 2.19 bits per heavy atom. The van der Waals surface area contributed by atoms with Crippen molar-refractivity contribution in [3.8, 4) is 5.75 Å². The van der Waals surface area contributed by atoms with Gasteiger partial charge in [0.15, 0.2) is 5.82 Å². The lowest BCUT2D eigenvalue weighted by molar-refractivity contribution is -0.119. The van der Waals surface area contributed by atoms with Crippen LogP contribution in [0.2, 0.25) is 5.02 Å². The van der Waals surface area contributed by atoms with Gasteiger partial charge in [0.25, 0.3) is 0 Å². The third-order valence-corrected chi connectivity index (χ3v) is 6.31. The van der Waals surface area contributed by atoms with Gasteiger partial charge in [0, 0.05) is 12.6 Å². The highest BCUT2D eigenvalue weighted by molar-refractivity contribution is 7.89. The molecule has 3 rings (SSSR count). The average molecular weight is 400 g/mol. The van der Waals surface area contributed by atoms with Gasteiger partial charge in [0.1, 0.15) is 17.6 Å². The van der Waals surface area contributed by atoms with Gasteiger partial charge in [-0.3, -0.25) is 4.79 Å².